The first-order valence-corrected chi connectivity index (χ1v) is 14.1. The summed E-state index contributed by atoms with van der Waals surface area (Å²) in [5, 5.41) is 0. The Morgan fingerprint density at radius 2 is 2.06 bits per heavy atom. The van der Waals surface area contributed by atoms with Gasteiger partial charge in [-0.25, -0.2) is 0 Å². The molecule has 18 heavy (non-hydrogen) atoms. The first-order chi connectivity index (χ1) is 8.69. The molecule has 0 aliphatic carbocycles. The van der Waals surface area contributed by atoms with Gasteiger partial charge in [-0.3, -0.25) is 0 Å². The molecule has 0 aliphatic heterocycles. The van der Waals surface area contributed by atoms with Gasteiger partial charge in [0.15, 0.2) is 0 Å². The van der Waals surface area contributed by atoms with E-state index in [0.29, 0.717) is 6.10 Å². The first-order valence-electron chi connectivity index (χ1n) is 6.53. The molecule has 0 saturated heterocycles. The van der Waals surface area contributed by atoms with Crippen molar-refractivity contribution in [2.45, 2.75) is 51.7 Å². The van der Waals surface area contributed by atoms with Gasteiger partial charge in [-0.1, -0.05) is 0 Å². The van der Waals surface area contributed by atoms with E-state index in [9.17, 15) is 0 Å². The number of rotatable bonds is 8. The third kappa shape index (κ3) is 5.59. The quantitative estimate of drug-likeness (QED) is 0.652. The van der Waals surface area contributed by atoms with E-state index in [1.165, 1.54) is 17.5 Å². The molecule has 0 aliphatic rings. The second-order valence-electron chi connectivity index (χ2n) is 4.63. The van der Waals surface area contributed by atoms with Crippen LogP contribution in [0.1, 0.15) is 50.3 Å². The molecule has 2 radical (unpaired) electrons. The predicted octanol–water partition coefficient (Wildman–Crippen LogP) is 3.75. The van der Waals surface area contributed by atoms with Gasteiger partial charge >= 0.3 is 128 Å². The molecule has 2 N–H and O–H groups in total. The molecule has 2 unspecified atom stereocenters. The summed E-state index contributed by atoms with van der Waals surface area (Å²) >= 11 is 2.77. The van der Waals surface area contributed by atoms with Crippen molar-refractivity contribution in [3.63, 3.8) is 0 Å². The van der Waals surface area contributed by atoms with Crippen molar-refractivity contribution in [2.75, 3.05) is 0 Å². The Morgan fingerprint density at radius 1 is 1.33 bits per heavy atom. The molecule has 4 heteroatoms. The molecule has 0 saturated carbocycles. The third-order valence-electron chi connectivity index (χ3n) is 3.10. The second-order valence-corrected chi connectivity index (χ2v) is 7.92. The van der Waals surface area contributed by atoms with E-state index in [1.54, 1.807) is 0 Å². The predicted molar refractivity (Wildman–Crippen MR) is 81.8 cm³/mol. The number of benzene rings is 1. The maximum atomic E-state index is 6.01. The van der Waals surface area contributed by atoms with Crippen LogP contribution in [0.5, 0.6) is 0 Å². The summed E-state index contributed by atoms with van der Waals surface area (Å²) in [5.74, 6) is 0. The maximum absolute atomic E-state index is 6.01. The van der Waals surface area contributed by atoms with Crippen molar-refractivity contribution in [2.24, 2.45) is 5.73 Å². The molecular formula is C14H22BrNOSn. The molecule has 0 bridgehead atoms. The zero-order valence-electron chi connectivity index (χ0n) is 11.2. The van der Waals surface area contributed by atoms with E-state index in [-0.39, 0.29) is 6.04 Å². The van der Waals surface area contributed by atoms with Crippen LogP contribution >= 0.6 is 12.7 Å². The Kier molecular flexibility index (Phi) is 8.55. The van der Waals surface area contributed by atoms with Crippen molar-refractivity contribution in [1.82, 2.24) is 0 Å². The van der Waals surface area contributed by atoms with Crippen LogP contribution in [-0.4, -0.2) is 25.4 Å². The SMILES string of the molecule is CCCC(CCc1ccccc1C(C)N)[O][Sn][Br]. The Hall–Kier alpha value is 0.419. The topological polar surface area (TPSA) is 35.2 Å². The molecular weight excluding hydrogens is 397 g/mol. The van der Waals surface area contributed by atoms with Gasteiger partial charge in [0.1, 0.15) is 0 Å². The van der Waals surface area contributed by atoms with Crippen molar-refractivity contribution >= 4 is 32.0 Å². The van der Waals surface area contributed by atoms with E-state index in [2.05, 4.69) is 43.9 Å². The second kappa shape index (κ2) is 9.34. The Labute approximate surface area is 127 Å². The van der Waals surface area contributed by atoms with Gasteiger partial charge in [-0.2, -0.15) is 0 Å². The van der Waals surface area contributed by atoms with E-state index in [0.717, 1.165) is 19.3 Å². The average molecular weight is 419 g/mol. The van der Waals surface area contributed by atoms with Crippen LogP contribution in [0.3, 0.4) is 0 Å². The van der Waals surface area contributed by atoms with Crippen LogP contribution < -0.4 is 5.73 Å². The summed E-state index contributed by atoms with van der Waals surface area (Å²) in [6.07, 6.45) is 4.93. The van der Waals surface area contributed by atoms with Crippen LogP contribution in [0.25, 0.3) is 0 Å². The molecule has 0 fully saturated rings. The molecule has 1 aromatic rings. The van der Waals surface area contributed by atoms with Crippen LogP contribution in [0.15, 0.2) is 24.3 Å². The van der Waals surface area contributed by atoms with Crippen LogP contribution in [0.4, 0.5) is 0 Å². The monoisotopic (exact) mass is 419 g/mol. The van der Waals surface area contributed by atoms with Gasteiger partial charge in [-0.15, -0.1) is 0 Å². The molecule has 0 heterocycles. The summed E-state index contributed by atoms with van der Waals surface area (Å²) in [6.45, 7) is 4.26. The minimum absolute atomic E-state index is 0.111. The normalized spacial score (nSPS) is 14.4. The van der Waals surface area contributed by atoms with Crippen molar-refractivity contribution in [3.05, 3.63) is 35.4 Å². The van der Waals surface area contributed by atoms with E-state index in [4.69, 9.17) is 8.81 Å². The van der Waals surface area contributed by atoms with Crippen LogP contribution in [0, 0.1) is 0 Å². The molecule has 1 rings (SSSR count). The molecule has 0 amide bonds. The van der Waals surface area contributed by atoms with Crippen LogP contribution in [-0.2, 0) is 9.49 Å². The zero-order chi connectivity index (χ0) is 13.4. The fraction of sp³-hybridized carbons (Fsp3) is 0.571. The summed E-state index contributed by atoms with van der Waals surface area (Å²) in [5.41, 5.74) is 8.65. The molecule has 0 spiro atoms. The molecule has 1 aromatic carbocycles. The standard InChI is InChI=1S/C14H22NO.BrH.Sn/c1-3-6-13(16)10-9-12-7-4-5-8-14(12)11(2)15;;/h4-5,7-8,11,13H,3,6,9-10,15H2,1-2H3;1H;/q-1;;+2/p-1. The van der Waals surface area contributed by atoms with Gasteiger partial charge < -0.3 is 0 Å². The fourth-order valence-electron chi connectivity index (χ4n) is 2.17. The molecule has 2 nitrogen and oxygen atoms in total. The average Bonchev–Trinajstić information content (AvgIpc) is 2.36. The van der Waals surface area contributed by atoms with E-state index in [1.807, 2.05) is 6.92 Å². The number of nitrogens with two attached hydrogens (primary N) is 1. The van der Waals surface area contributed by atoms with E-state index >= 15 is 0 Å². The van der Waals surface area contributed by atoms with Crippen molar-refractivity contribution in [3.8, 4) is 0 Å². The van der Waals surface area contributed by atoms with Gasteiger partial charge in [0.2, 0.25) is 0 Å². The van der Waals surface area contributed by atoms with Crippen molar-refractivity contribution < 1.29 is 3.07 Å². The molecule has 0 aromatic heterocycles. The summed E-state index contributed by atoms with van der Waals surface area (Å²) in [4.78, 5) is 0. The van der Waals surface area contributed by atoms with Gasteiger partial charge in [0.25, 0.3) is 0 Å². The number of halogens is 1. The van der Waals surface area contributed by atoms with E-state index < -0.39 is 19.3 Å². The fourth-order valence-corrected chi connectivity index (χ4v) is 4.98. The molecule has 2 atom stereocenters. The summed E-state index contributed by atoms with van der Waals surface area (Å²) < 4.78 is 5.86. The van der Waals surface area contributed by atoms with Gasteiger partial charge in [0, 0.05) is 0 Å². The first kappa shape index (κ1) is 16.5. The third-order valence-corrected chi connectivity index (χ3v) is 5.56. The van der Waals surface area contributed by atoms with Crippen molar-refractivity contribution in [1.29, 1.82) is 0 Å². The van der Waals surface area contributed by atoms with Crippen LogP contribution in [0.2, 0.25) is 0 Å². The minimum atomic E-state index is -0.740. The Morgan fingerprint density at radius 3 is 2.67 bits per heavy atom. The zero-order valence-corrected chi connectivity index (χ0v) is 15.6. The molecule has 100 valence electrons. The number of aryl methyl sites for hydroxylation is 1. The van der Waals surface area contributed by atoms with Gasteiger partial charge in [0.05, 0.1) is 0 Å². The summed E-state index contributed by atoms with van der Waals surface area (Å²) in [6, 6.07) is 8.60. The Balaban J connectivity index is 2.61. The van der Waals surface area contributed by atoms with Gasteiger partial charge in [-0.05, 0) is 0 Å². The summed E-state index contributed by atoms with van der Waals surface area (Å²) in [7, 11) is 0. The number of hydrogen-bond donors (Lipinski definition) is 1. The number of hydrogen-bond acceptors (Lipinski definition) is 2. The Bertz CT molecular complexity index is 340.